The molecule has 2 aromatic carbocycles. The fraction of sp³-hybridized carbons (Fsp3) is 0.235. The maximum absolute atomic E-state index is 11.7. The van der Waals surface area contributed by atoms with Gasteiger partial charge in [0.15, 0.2) is 11.5 Å². The molecule has 0 fully saturated rings. The minimum absolute atomic E-state index is 0.0330. The minimum Gasteiger partial charge on any atom is -0.486 e. The monoisotopic (exact) mass is 315 g/mol. The molecule has 0 bridgehead atoms. The first-order valence-corrected chi connectivity index (χ1v) is 7.31. The van der Waals surface area contributed by atoms with Gasteiger partial charge >= 0.3 is 6.09 Å². The lowest BCUT2D eigenvalue weighted by Crippen LogP contribution is -2.31. The molecule has 1 amide bonds. The third-order valence-corrected chi connectivity index (χ3v) is 3.34. The van der Waals surface area contributed by atoms with Crippen molar-refractivity contribution in [3.8, 4) is 17.2 Å². The number of carbonyl (C=O) groups excluding carboxylic acids is 1. The largest absolute Gasteiger partial charge is 0.486 e. The first-order valence-electron chi connectivity index (χ1n) is 7.31. The number of amides is 1. The van der Waals surface area contributed by atoms with Gasteiger partial charge < -0.3 is 24.6 Å². The third kappa shape index (κ3) is 3.92. The Hall–Kier alpha value is -2.73. The van der Waals surface area contributed by atoms with Crippen LogP contribution < -0.4 is 19.5 Å². The van der Waals surface area contributed by atoms with Crippen molar-refractivity contribution in [3.05, 3.63) is 54.1 Å². The second-order valence-electron chi connectivity index (χ2n) is 5.00. The maximum atomic E-state index is 11.7. The number of aliphatic hydroxyl groups excluding tert-OH is 1. The highest BCUT2D eigenvalue weighted by molar-refractivity contribution is 5.70. The smallest absolute Gasteiger partial charge is 0.412 e. The van der Waals surface area contributed by atoms with Crippen molar-refractivity contribution in [1.29, 1.82) is 0 Å². The summed E-state index contributed by atoms with van der Waals surface area (Å²) >= 11 is 0. The maximum Gasteiger partial charge on any atom is 0.412 e. The highest BCUT2D eigenvalue weighted by Gasteiger charge is 2.16. The molecule has 1 aliphatic rings. The van der Waals surface area contributed by atoms with Crippen LogP contribution in [0, 0.1) is 0 Å². The molecule has 3 rings (SSSR count). The number of nitrogens with one attached hydrogen (secondary N) is 1. The second kappa shape index (κ2) is 7.02. The highest BCUT2D eigenvalue weighted by atomic mass is 16.6. The molecule has 0 saturated heterocycles. The van der Waals surface area contributed by atoms with Gasteiger partial charge in [0.05, 0.1) is 12.6 Å². The van der Waals surface area contributed by atoms with E-state index in [-0.39, 0.29) is 6.54 Å². The molecule has 2 N–H and O–H groups in total. The first-order chi connectivity index (χ1) is 11.2. The van der Waals surface area contributed by atoms with E-state index in [0.717, 1.165) is 0 Å². The minimum atomic E-state index is -0.867. The summed E-state index contributed by atoms with van der Waals surface area (Å²) in [7, 11) is 0. The van der Waals surface area contributed by atoms with Gasteiger partial charge in [0.2, 0.25) is 0 Å². The Bertz CT molecular complexity index is 674. The van der Waals surface area contributed by atoms with E-state index in [9.17, 15) is 9.90 Å². The number of hydrogen-bond acceptors (Lipinski definition) is 5. The number of fused-ring (bicyclic) bond motifs is 1. The van der Waals surface area contributed by atoms with Gasteiger partial charge in [-0.1, -0.05) is 24.3 Å². The Morgan fingerprint density at radius 3 is 2.65 bits per heavy atom. The molecule has 0 saturated carbocycles. The van der Waals surface area contributed by atoms with Crippen molar-refractivity contribution in [3.63, 3.8) is 0 Å². The number of benzene rings is 2. The van der Waals surface area contributed by atoms with Gasteiger partial charge in [-0.15, -0.1) is 0 Å². The molecular formula is C17H17NO5. The zero-order valence-corrected chi connectivity index (χ0v) is 12.4. The van der Waals surface area contributed by atoms with Crippen LogP contribution in [-0.2, 0) is 0 Å². The molecule has 1 heterocycles. The van der Waals surface area contributed by atoms with Crippen LogP contribution in [0.3, 0.4) is 0 Å². The molecule has 0 radical (unpaired) electrons. The average molecular weight is 315 g/mol. The predicted octanol–water partition coefficient (Wildman–Crippen LogP) is 2.28. The molecule has 23 heavy (non-hydrogen) atoms. The van der Waals surface area contributed by atoms with Gasteiger partial charge in [0.25, 0.3) is 0 Å². The van der Waals surface area contributed by atoms with Gasteiger partial charge in [-0.25, -0.2) is 4.79 Å². The fourth-order valence-corrected chi connectivity index (χ4v) is 2.20. The Morgan fingerprint density at radius 1 is 1.13 bits per heavy atom. The molecule has 6 nitrogen and oxygen atoms in total. The first kappa shape index (κ1) is 15.2. The zero-order valence-electron chi connectivity index (χ0n) is 12.4. The lowest BCUT2D eigenvalue weighted by molar-refractivity contribution is 0.157. The van der Waals surface area contributed by atoms with Gasteiger partial charge in [-0.05, 0) is 29.8 Å². The van der Waals surface area contributed by atoms with E-state index >= 15 is 0 Å². The van der Waals surface area contributed by atoms with Crippen LogP contribution in [0.1, 0.15) is 11.7 Å². The molecule has 1 atom stereocenters. The number of carbonyl (C=O) groups is 1. The number of aliphatic hydroxyl groups is 1. The van der Waals surface area contributed by atoms with Gasteiger partial charge in [-0.2, -0.15) is 0 Å². The molecule has 120 valence electrons. The van der Waals surface area contributed by atoms with E-state index in [0.29, 0.717) is 36.0 Å². The summed E-state index contributed by atoms with van der Waals surface area (Å²) in [6.45, 7) is 1.03. The van der Waals surface area contributed by atoms with Crippen molar-refractivity contribution in [1.82, 2.24) is 5.32 Å². The number of para-hydroxylation sites is 1. The Balaban J connectivity index is 1.54. The van der Waals surface area contributed by atoms with Crippen molar-refractivity contribution in [2.24, 2.45) is 0 Å². The van der Waals surface area contributed by atoms with E-state index in [1.165, 1.54) is 0 Å². The van der Waals surface area contributed by atoms with E-state index in [1.54, 1.807) is 42.5 Å². The molecular weight excluding hydrogens is 298 g/mol. The van der Waals surface area contributed by atoms with Crippen molar-refractivity contribution >= 4 is 6.09 Å². The third-order valence-electron chi connectivity index (χ3n) is 3.34. The molecule has 1 aliphatic heterocycles. The molecule has 0 aromatic heterocycles. The standard InChI is InChI=1S/C17H17NO5/c19-14(11-18-17(20)23-13-4-2-1-3-5-13)12-6-7-15-16(10-12)22-9-8-21-15/h1-7,10,14,19H,8-9,11H2,(H,18,20). The Morgan fingerprint density at radius 2 is 1.87 bits per heavy atom. The van der Waals surface area contributed by atoms with Crippen LogP contribution in [0.25, 0.3) is 0 Å². The van der Waals surface area contributed by atoms with E-state index in [1.807, 2.05) is 6.07 Å². The van der Waals surface area contributed by atoms with Crippen LogP contribution in [0.5, 0.6) is 17.2 Å². The summed E-state index contributed by atoms with van der Waals surface area (Å²) in [5, 5.41) is 12.7. The summed E-state index contributed by atoms with van der Waals surface area (Å²) in [5.74, 6) is 1.70. The summed E-state index contributed by atoms with van der Waals surface area (Å²) in [4.78, 5) is 11.7. The summed E-state index contributed by atoms with van der Waals surface area (Å²) < 4.78 is 16.0. The van der Waals surface area contributed by atoms with Crippen LogP contribution >= 0.6 is 0 Å². The normalized spacial score (nSPS) is 14.0. The topological polar surface area (TPSA) is 77.0 Å². The van der Waals surface area contributed by atoms with E-state index in [2.05, 4.69) is 5.32 Å². The SMILES string of the molecule is O=C(NCC(O)c1ccc2c(c1)OCCO2)Oc1ccccc1. The summed E-state index contributed by atoms with van der Waals surface area (Å²) in [5.41, 5.74) is 0.634. The van der Waals surface area contributed by atoms with Crippen LogP contribution in [0.4, 0.5) is 4.79 Å². The summed E-state index contributed by atoms with van der Waals surface area (Å²) in [6, 6.07) is 13.9. The molecule has 0 aliphatic carbocycles. The molecule has 2 aromatic rings. The van der Waals surface area contributed by atoms with E-state index in [4.69, 9.17) is 14.2 Å². The highest BCUT2D eigenvalue weighted by Crippen LogP contribution is 2.32. The molecule has 0 spiro atoms. The quantitative estimate of drug-likeness (QED) is 0.905. The van der Waals surface area contributed by atoms with Crippen molar-refractivity contribution in [2.75, 3.05) is 19.8 Å². The fourth-order valence-electron chi connectivity index (χ4n) is 2.20. The lowest BCUT2D eigenvalue weighted by Gasteiger charge is -2.20. The van der Waals surface area contributed by atoms with Gasteiger partial charge in [0.1, 0.15) is 19.0 Å². The van der Waals surface area contributed by atoms with Crippen LogP contribution in [0.2, 0.25) is 0 Å². The predicted molar refractivity (Wildman–Crippen MR) is 82.9 cm³/mol. The van der Waals surface area contributed by atoms with Crippen LogP contribution in [-0.4, -0.2) is 31.0 Å². The van der Waals surface area contributed by atoms with Gasteiger partial charge in [-0.3, -0.25) is 0 Å². The Labute approximate surface area is 133 Å². The van der Waals surface area contributed by atoms with Crippen molar-refractivity contribution in [2.45, 2.75) is 6.10 Å². The number of hydrogen-bond donors (Lipinski definition) is 2. The Kier molecular flexibility index (Phi) is 4.63. The lowest BCUT2D eigenvalue weighted by atomic mass is 10.1. The number of ether oxygens (including phenoxy) is 3. The van der Waals surface area contributed by atoms with E-state index < -0.39 is 12.2 Å². The second-order valence-corrected chi connectivity index (χ2v) is 5.00. The average Bonchev–Trinajstić information content (AvgIpc) is 2.60. The van der Waals surface area contributed by atoms with Crippen LogP contribution in [0.15, 0.2) is 48.5 Å². The number of rotatable bonds is 4. The molecule has 6 heteroatoms. The van der Waals surface area contributed by atoms with Crippen molar-refractivity contribution < 1.29 is 24.1 Å². The van der Waals surface area contributed by atoms with Gasteiger partial charge in [0, 0.05) is 0 Å². The summed E-state index contributed by atoms with van der Waals surface area (Å²) in [6.07, 6.45) is -1.48. The molecule has 1 unspecified atom stereocenters. The zero-order chi connectivity index (χ0) is 16.1.